The Hall–Kier alpha value is -3.17. The molecule has 8 nitrogen and oxygen atoms in total. The van der Waals surface area contributed by atoms with Crippen LogP contribution >= 0.6 is 0 Å². The van der Waals surface area contributed by atoms with Crippen LogP contribution in [-0.4, -0.2) is 35.4 Å². The maximum atomic E-state index is 11.9. The van der Waals surface area contributed by atoms with Crippen LogP contribution in [0.2, 0.25) is 0 Å². The predicted octanol–water partition coefficient (Wildman–Crippen LogP) is 3.22. The molecule has 0 radical (unpaired) electrons. The Morgan fingerprint density at radius 3 is 2.11 bits per heavy atom. The second-order valence-corrected chi connectivity index (χ2v) is 7.06. The third-order valence-electron chi connectivity index (χ3n) is 3.80. The van der Waals surface area contributed by atoms with Crippen LogP contribution in [0.5, 0.6) is 11.5 Å². The van der Waals surface area contributed by atoms with Crippen molar-refractivity contribution < 1.29 is 13.7 Å². The molecule has 9 heteroatoms. The number of anilines is 4. The van der Waals surface area contributed by atoms with E-state index >= 15 is 0 Å². The fourth-order valence-electron chi connectivity index (χ4n) is 2.48. The van der Waals surface area contributed by atoms with Crippen molar-refractivity contribution in [3.8, 4) is 11.5 Å². The third kappa shape index (κ3) is 4.96. The molecule has 2 aromatic carbocycles. The van der Waals surface area contributed by atoms with Gasteiger partial charge in [0.2, 0.25) is 0 Å². The van der Waals surface area contributed by atoms with E-state index in [1.54, 1.807) is 45.5 Å². The SMILES string of the molecule is CNS(=O)c1cccc(Nc2cc(Nc3cc(OC)cc(OC)c3)ncn2)c1. The zero-order valence-corrected chi connectivity index (χ0v) is 16.5. The van der Waals surface area contributed by atoms with Crippen molar-refractivity contribution in [3.63, 3.8) is 0 Å². The number of benzene rings is 2. The molecule has 1 aromatic heterocycles. The summed E-state index contributed by atoms with van der Waals surface area (Å²) in [7, 11) is 3.59. The number of methoxy groups -OCH3 is 2. The van der Waals surface area contributed by atoms with E-state index in [-0.39, 0.29) is 0 Å². The van der Waals surface area contributed by atoms with Gasteiger partial charge in [0.15, 0.2) is 0 Å². The first kappa shape index (κ1) is 19.6. The lowest BCUT2D eigenvalue weighted by atomic mass is 10.2. The average Bonchev–Trinajstić information content (AvgIpc) is 2.73. The van der Waals surface area contributed by atoms with Gasteiger partial charge in [-0.1, -0.05) is 6.07 Å². The van der Waals surface area contributed by atoms with Crippen molar-refractivity contribution in [1.29, 1.82) is 0 Å². The molecule has 0 saturated heterocycles. The summed E-state index contributed by atoms with van der Waals surface area (Å²) < 4.78 is 25.2. The summed E-state index contributed by atoms with van der Waals surface area (Å²) in [5.74, 6) is 2.54. The Morgan fingerprint density at radius 1 is 0.857 bits per heavy atom. The summed E-state index contributed by atoms with van der Waals surface area (Å²) in [6.45, 7) is 0. The van der Waals surface area contributed by atoms with Crippen LogP contribution in [0.1, 0.15) is 0 Å². The smallest absolute Gasteiger partial charge is 0.135 e. The minimum absolute atomic E-state index is 0.597. The number of rotatable bonds is 8. The first-order chi connectivity index (χ1) is 13.6. The highest BCUT2D eigenvalue weighted by Crippen LogP contribution is 2.28. The van der Waals surface area contributed by atoms with Crippen molar-refractivity contribution in [2.45, 2.75) is 4.90 Å². The summed E-state index contributed by atoms with van der Waals surface area (Å²) in [5.41, 5.74) is 1.54. The van der Waals surface area contributed by atoms with Gasteiger partial charge in [-0.15, -0.1) is 0 Å². The molecule has 0 fully saturated rings. The number of hydrogen-bond acceptors (Lipinski definition) is 7. The topological polar surface area (TPSA) is 97.4 Å². The highest BCUT2D eigenvalue weighted by Gasteiger charge is 2.06. The molecular formula is C19H21N5O3S. The molecule has 0 spiro atoms. The molecule has 0 saturated carbocycles. The van der Waals surface area contributed by atoms with Crippen molar-refractivity contribution in [2.75, 3.05) is 31.9 Å². The van der Waals surface area contributed by atoms with Crippen LogP contribution in [-0.2, 0) is 11.0 Å². The molecule has 3 aromatic rings. The summed E-state index contributed by atoms with van der Waals surface area (Å²) in [6, 6.07) is 14.5. The largest absolute Gasteiger partial charge is 0.497 e. The zero-order chi connectivity index (χ0) is 19.9. The van der Waals surface area contributed by atoms with Gasteiger partial charge in [-0.25, -0.2) is 18.9 Å². The minimum Gasteiger partial charge on any atom is -0.497 e. The zero-order valence-electron chi connectivity index (χ0n) is 15.7. The van der Waals surface area contributed by atoms with Gasteiger partial charge in [0, 0.05) is 35.6 Å². The first-order valence-electron chi connectivity index (χ1n) is 8.39. The van der Waals surface area contributed by atoms with Crippen molar-refractivity contribution in [3.05, 3.63) is 54.9 Å². The lowest BCUT2D eigenvalue weighted by molar-refractivity contribution is 0.395. The van der Waals surface area contributed by atoms with E-state index in [1.807, 2.05) is 24.3 Å². The van der Waals surface area contributed by atoms with E-state index in [0.717, 1.165) is 11.4 Å². The second kappa shape index (κ2) is 9.16. The van der Waals surface area contributed by atoms with Crippen LogP contribution in [0.15, 0.2) is 59.8 Å². The van der Waals surface area contributed by atoms with E-state index in [9.17, 15) is 4.21 Å². The number of hydrogen-bond donors (Lipinski definition) is 3. The maximum absolute atomic E-state index is 11.9. The molecule has 0 bridgehead atoms. The Morgan fingerprint density at radius 2 is 1.50 bits per heavy atom. The Bertz CT molecular complexity index is 961. The number of aromatic nitrogens is 2. The fraction of sp³-hybridized carbons (Fsp3) is 0.158. The molecule has 1 unspecified atom stereocenters. The molecule has 0 aliphatic heterocycles. The standard InChI is InChI=1S/C19H21N5O3S/c1-20-28(25)17-6-4-5-13(9-17)23-18-11-19(22-12-21-18)24-14-7-15(26-2)10-16(8-14)27-3/h4-12,20H,1-3H3,(H2,21,22,23,24). The van der Waals surface area contributed by atoms with E-state index in [2.05, 4.69) is 25.3 Å². The quantitative estimate of drug-likeness (QED) is 0.535. The Labute approximate surface area is 165 Å². The molecular weight excluding hydrogens is 378 g/mol. The molecule has 3 N–H and O–H groups in total. The number of ether oxygens (including phenoxy) is 2. The molecule has 1 heterocycles. The summed E-state index contributed by atoms with van der Waals surface area (Å²) in [5, 5.41) is 6.40. The maximum Gasteiger partial charge on any atom is 0.135 e. The lowest BCUT2D eigenvalue weighted by Crippen LogP contribution is -2.10. The van der Waals surface area contributed by atoms with Crippen LogP contribution < -0.4 is 24.8 Å². The van der Waals surface area contributed by atoms with Gasteiger partial charge in [0.25, 0.3) is 0 Å². The second-order valence-electron chi connectivity index (χ2n) is 5.64. The van der Waals surface area contributed by atoms with Crippen LogP contribution in [0.25, 0.3) is 0 Å². The molecule has 0 aliphatic carbocycles. The van der Waals surface area contributed by atoms with Gasteiger partial charge in [-0.05, 0) is 25.2 Å². The summed E-state index contributed by atoms with van der Waals surface area (Å²) >= 11 is 0. The van der Waals surface area contributed by atoms with Crippen LogP contribution in [0.3, 0.4) is 0 Å². The minimum atomic E-state index is -1.25. The van der Waals surface area contributed by atoms with Crippen LogP contribution in [0.4, 0.5) is 23.0 Å². The van der Waals surface area contributed by atoms with Crippen molar-refractivity contribution >= 4 is 34.0 Å². The molecule has 28 heavy (non-hydrogen) atoms. The van der Waals surface area contributed by atoms with Crippen molar-refractivity contribution in [1.82, 2.24) is 14.7 Å². The fourth-order valence-corrected chi connectivity index (χ4v) is 3.15. The molecule has 1 atom stereocenters. The normalized spacial score (nSPS) is 11.5. The highest BCUT2D eigenvalue weighted by atomic mass is 32.2. The van der Waals surface area contributed by atoms with Gasteiger partial charge in [0.1, 0.15) is 40.4 Å². The lowest BCUT2D eigenvalue weighted by Gasteiger charge is -2.11. The Balaban J connectivity index is 1.79. The Kier molecular flexibility index (Phi) is 6.41. The highest BCUT2D eigenvalue weighted by molar-refractivity contribution is 7.83. The first-order valence-corrected chi connectivity index (χ1v) is 9.54. The van der Waals surface area contributed by atoms with Crippen LogP contribution in [0, 0.1) is 0 Å². The van der Waals surface area contributed by atoms with Gasteiger partial charge in [-0.2, -0.15) is 0 Å². The number of nitrogens with one attached hydrogen (secondary N) is 3. The summed E-state index contributed by atoms with van der Waals surface area (Å²) in [6.07, 6.45) is 1.46. The molecule has 0 amide bonds. The van der Waals surface area contributed by atoms with E-state index in [4.69, 9.17) is 9.47 Å². The third-order valence-corrected chi connectivity index (χ3v) is 4.85. The van der Waals surface area contributed by atoms with E-state index in [0.29, 0.717) is 28.0 Å². The van der Waals surface area contributed by atoms with Gasteiger partial charge < -0.3 is 20.1 Å². The number of nitrogens with zero attached hydrogens (tertiary/aromatic N) is 2. The molecule has 0 aliphatic rings. The molecule has 3 rings (SSSR count). The van der Waals surface area contributed by atoms with Gasteiger partial charge in [0.05, 0.1) is 19.1 Å². The van der Waals surface area contributed by atoms with E-state index < -0.39 is 11.0 Å². The summed E-state index contributed by atoms with van der Waals surface area (Å²) in [4.78, 5) is 9.15. The van der Waals surface area contributed by atoms with E-state index in [1.165, 1.54) is 6.33 Å². The van der Waals surface area contributed by atoms with Crippen molar-refractivity contribution in [2.24, 2.45) is 0 Å². The average molecular weight is 399 g/mol. The monoisotopic (exact) mass is 399 g/mol. The predicted molar refractivity (Wildman–Crippen MR) is 110 cm³/mol. The van der Waals surface area contributed by atoms with Gasteiger partial charge in [-0.3, -0.25) is 0 Å². The molecule has 146 valence electrons. The van der Waals surface area contributed by atoms with Gasteiger partial charge >= 0.3 is 0 Å².